The van der Waals surface area contributed by atoms with Gasteiger partial charge in [0, 0.05) is 0 Å². The van der Waals surface area contributed by atoms with E-state index in [0.29, 0.717) is 17.0 Å². The van der Waals surface area contributed by atoms with E-state index in [2.05, 4.69) is 4.98 Å². The Kier molecular flexibility index (Phi) is 2.31. The number of pyridine rings is 1. The van der Waals surface area contributed by atoms with Crippen LogP contribution in [0.5, 0.6) is 5.88 Å². The first-order valence-electron chi connectivity index (χ1n) is 5.58. The molecule has 0 radical (unpaired) electrons. The second kappa shape index (κ2) is 3.88. The number of carbonyl (C=O) groups is 1. The van der Waals surface area contributed by atoms with Gasteiger partial charge in [0.05, 0.1) is 5.52 Å². The molecule has 2 N–H and O–H groups in total. The van der Waals surface area contributed by atoms with E-state index in [9.17, 15) is 9.90 Å². The summed E-state index contributed by atoms with van der Waals surface area (Å²) >= 11 is 0. The Balaban J connectivity index is 2.39. The van der Waals surface area contributed by atoms with Crippen LogP contribution in [0.2, 0.25) is 0 Å². The number of aromatic carboxylic acids is 1. The van der Waals surface area contributed by atoms with Crippen molar-refractivity contribution in [2.24, 2.45) is 0 Å². The quantitative estimate of drug-likeness (QED) is 0.736. The van der Waals surface area contributed by atoms with Gasteiger partial charge in [-0.3, -0.25) is 4.40 Å². The van der Waals surface area contributed by atoms with Crippen molar-refractivity contribution in [2.75, 3.05) is 0 Å². The number of aryl methyl sites for hydroxylation is 1. The molecule has 0 aliphatic heterocycles. The number of hydrogen-bond acceptors (Lipinski definition) is 4. The van der Waals surface area contributed by atoms with Gasteiger partial charge in [0.1, 0.15) is 5.76 Å². The summed E-state index contributed by atoms with van der Waals surface area (Å²) in [5.74, 6) is 0.0957. The van der Waals surface area contributed by atoms with Crippen LogP contribution >= 0.6 is 0 Å². The third-order valence-electron chi connectivity index (χ3n) is 2.80. The highest BCUT2D eigenvalue weighted by Gasteiger charge is 2.21. The van der Waals surface area contributed by atoms with Crippen LogP contribution in [-0.4, -0.2) is 25.6 Å². The average Bonchev–Trinajstić information content (AvgIpc) is 2.93. The molecule has 0 aliphatic carbocycles. The molecule has 0 saturated carbocycles. The lowest BCUT2D eigenvalue weighted by Gasteiger charge is -2.01. The molecule has 3 aromatic rings. The molecule has 0 fully saturated rings. The predicted molar refractivity (Wildman–Crippen MR) is 66.3 cm³/mol. The minimum Gasteiger partial charge on any atom is -0.494 e. The van der Waals surface area contributed by atoms with E-state index in [0.717, 1.165) is 0 Å². The largest absolute Gasteiger partial charge is 0.494 e. The first-order chi connectivity index (χ1) is 9.08. The molecule has 0 atom stereocenters. The van der Waals surface area contributed by atoms with Crippen LogP contribution in [0.1, 0.15) is 16.2 Å². The number of fused-ring (bicyclic) bond motifs is 1. The number of hydrogen-bond donors (Lipinski definition) is 2. The van der Waals surface area contributed by atoms with Crippen molar-refractivity contribution in [1.82, 2.24) is 9.38 Å². The Hall–Kier alpha value is -2.76. The maximum absolute atomic E-state index is 11.2. The molecule has 6 heteroatoms. The summed E-state index contributed by atoms with van der Waals surface area (Å²) in [7, 11) is 0. The fourth-order valence-electron chi connectivity index (χ4n) is 2.00. The lowest BCUT2D eigenvalue weighted by Crippen LogP contribution is -1.97. The predicted octanol–water partition coefficient (Wildman–Crippen LogP) is 2.31. The summed E-state index contributed by atoms with van der Waals surface area (Å²) in [5, 5.41) is 19.1. The smallest absolute Gasteiger partial charge is 0.356 e. The fraction of sp³-hybridized carbons (Fsp3) is 0.0769. The van der Waals surface area contributed by atoms with Crippen LogP contribution in [0, 0.1) is 6.92 Å². The number of aromatic nitrogens is 2. The number of carboxylic acids is 1. The summed E-state index contributed by atoms with van der Waals surface area (Å²) in [6.45, 7) is 1.78. The van der Waals surface area contributed by atoms with Crippen LogP contribution in [0.3, 0.4) is 0 Å². The highest BCUT2D eigenvalue weighted by Crippen LogP contribution is 2.28. The van der Waals surface area contributed by atoms with E-state index in [1.165, 1.54) is 10.5 Å². The molecular formula is C13H10N2O4. The summed E-state index contributed by atoms with van der Waals surface area (Å²) in [6, 6.07) is 8.03. The van der Waals surface area contributed by atoms with Gasteiger partial charge in [-0.25, -0.2) is 9.78 Å². The van der Waals surface area contributed by atoms with Gasteiger partial charge in [-0.2, -0.15) is 0 Å². The minimum absolute atomic E-state index is 0.0958. The third kappa shape index (κ3) is 1.65. The fourth-order valence-corrected chi connectivity index (χ4v) is 2.00. The van der Waals surface area contributed by atoms with Crippen molar-refractivity contribution in [2.45, 2.75) is 6.92 Å². The maximum atomic E-state index is 11.2. The van der Waals surface area contributed by atoms with Crippen molar-refractivity contribution in [3.63, 3.8) is 0 Å². The molecule has 3 heterocycles. The molecule has 6 nitrogen and oxygen atoms in total. The zero-order valence-electron chi connectivity index (χ0n) is 9.99. The van der Waals surface area contributed by atoms with Gasteiger partial charge in [-0.15, -0.1) is 0 Å². The van der Waals surface area contributed by atoms with E-state index < -0.39 is 5.97 Å². The standard InChI is InChI=1S/C13H10N2O4/c1-7-5-6-9(19-7)12-14-11(13(17)18)8-3-2-4-10(16)15(8)12/h2-6,16H,1H3,(H,17,18). The van der Waals surface area contributed by atoms with E-state index in [-0.39, 0.29) is 17.4 Å². The molecule has 3 aromatic heterocycles. The Morgan fingerprint density at radius 1 is 1.32 bits per heavy atom. The van der Waals surface area contributed by atoms with E-state index in [1.807, 2.05) is 0 Å². The Labute approximate surface area is 107 Å². The van der Waals surface area contributed by atoms with Crippen molar-refractivity contribution in [1.29, 1.82) is 0 Å². The zero-order valence-corrected chi connectivity index (χ0v) is 9.99. The second-order valence-electron chi connectivity index (χ2n) is 4.10. The van der Waals surface area contributed by atoms with E-state index in [4.69, 9.17) is 9.52 Å². The molecule has 0 bridgehead atoms. The van der Waals surface area contributed by atoms with Crippen molar-refractivity contribution >= 4 is 11.5 Å². The average molecular weight is 258 g/mol. The molecule has 3 rings (SSSR count). The number of furan rings is 1. The SMILES string of the molecule is Cc1ccc(-c2nc(C(=O)O)c3cccc(O)n23)o1. The first kappa shape index (κ1) is 11.3. The number of imidazole rings is 1. The number of rotatable bonds is 2. The van der Waals surface area contributed by atoms with Crippen LogP contribution in [0.4, 0.5) is 0 Å². The minimum atomic E-state index is -1.15. The van der Waals surface area contributed by atoms with Gasteiger partial charge in [-0.1, -0.05) is 6.07 Å². The Morgan fingerprint density at radius 2 is 2.11 bits per heavy atom. The van der Waals surface area contributed by atoms with Gasteiger partial charge in [0.25, 0.3) is 0 Å². The molecular weight excluding hydrogens is 248 g/mol. The van der Waals surface area contributed by atoms with Crippen LogP contribution < -0.4 is 0 Å². The topological polar surface area (TPSA) is 88.0 Å². The van der Waals surface area contributed by atoms with Gasteiger partial charge < -0.3 is 14.6 Å². The van der Waals surface area contributed by atoms with Gasteiger partial charge >= 0.3 is 5.97 Å². The van der Waals surface area contributed by atoms with Crippen molar-refractivity contribution < 1.29 is 19.4 Å². The molecule has 96 valence electrons. The number of carboxylic acid groups (broad SMARTS) is 1. The number of nitrogens with zero attached hydrogens (tertiary/aromatic N) is 2. The van der Waals surface area contributed by atoms with Gasteiger partial charge in [0.2, 0.25) is 0 Å². The highest BCUT2D eigenvalue weighted by molar-refractivity contribution is 5.95. The van der Waals surface area contributed by atoms with E-state index >= 15 is 0 Å². The Morgan fingerprint density at radius 3 is 2.74 bits per heavy atom. The first-order valence-corrected chi connectivity index (χ1v) is 5.58. The second-order valence-corrected chi connectivity index (χ2v) is 4.10. The maximum Gasteiger partial charge on any atom is 0.356 e. The van der Waals surface area contributed by atoms with Crippen molar-refractivity contribution in [3.05, 3.63) is 41.8 Å². The molecule has 0 amide bonds. The Bertz CT molecular complexity index is 785. The molecule has 0 spiro atoms. The van der Waals surface area contributed by atoms with E-state index in [1.54, 1.807) is 31.2 Å². The monoisotopic (exact) mass is 258 g/mol. The molecule has 19 heavy (non-hydrogen) atoms. The van der Waals surface area contributed by atoms with Crippen LogP contribution in [0.25, 0.3) is 17.1 Å². The zero-order chi connectivity index (χ0) is 13.6. The van der Waals surface area contributed by atoms with Crippen LogP contribution in [0.15, 0.2) is 34.7 Å². The van der Waals surface area contributed by atoms with Gasteiger partial charge in [-0.05, 0) is 31.2 Å². The van der Waals surface area contributed by atoms with Crippen LogP contribution in [-0.2, 0) is 0 Å². The number of aromatic hydroxyl groups is 1. The summed E-state index contributed by atoms with van der Waals surface area (Å²) in [4.78, 5) is 15.2. The molecule has 0 aliphatic rings. The highest BCUT2D eigenvalue weighted by atomic mass is 16.4. The molecule has 0 aromatic carbocycles. The van der Waals surface area contributed by atoms with Gasteiger partial charge in [0.15, 0.2) is 23.2 Å². The normalized spacial score (nSPS) is 11.0. The lowest BCUT2D eigenvalue weighted by molar-refractivity contribution is 0.0693. The van der Waals surface area contributed by atoms with Crippen molar-refractivity contribution in [3.8, 4) is 17.5 Å². The summed E-state index contributed by atoms with van der Waals surface area (Å²) < 4.78 is 6.79. The summed E-state index contributed by atoms with van der Waals surface area (Å²) in [5.41, 5.74) is 0.191. The molecule has 0 saturated heterocycles. The third-order valence-corrected chi connectivity index (χ3v) is 2.80. The lowest BCUT2D eigenvalue weighted by atomic mass is 10.3. The summed E-state index contributed by atoms with van der Waals surface area (Å²) in [6.07, 6.45) is 0. The molecule has 0 unspecified atom stereocenters.